The van der Waals surface area contributed by atoms with Crippen LogP contribution >= 0.6 is 0 Å². The summed E-state index contributed by atoms with van der Waals surface area (Å²) in [6.45, 7) is 2.13. The second kappa shape index (κ2) is 6.17. The van der Waals surface area contributed by atoms with E-state index in [1.165, 1.54) is 11.1 Å². The maximum absolute atomic E-state index is 12.2. The summed E-state index contributed by atoms with van der Waals surface area (Å²) >= 11 is 0. The Morgan fingerprint density at radius 1 is 1.29 bits per heavy atom. The molecule has 1 N–H and O–H groups in total. The van der Waals surface area contributed by atoms with Crippen LogP contribution in [-0.4, -0.2) is 43.9 Å². The summed E-state index contributed by atoms with van der Waals surface area (Å²) in [6, 6.07) is 7.88. The van der Waals surface area contributed by atoms with Crippen molar-refractivity contribution in [2.75, 3.05) is 7.05 Å². The van der Waals surface area contributed by atoms with Gasteiger partial charge in [-0.05, 0) is 12.5 Å². The Morgan fingerprint density at radius 2 is 1.95 bits per heavy atom. The van der Waals surface area contributed by atoms with Gasteiger partial charge in [0.25, 0.3) is 5.91 Å². The van der Waals surface area contributed by atoms with Crippen LogP contribution in [0.4, 0.5) is 0 Å². The zero-order valence-corrected chi connectivity index (χ0v) is 11.9. The van der Waals surface area contributed by atoms with Gasteiger partial charge in [-0.3, -0.25) is 9.59 Å². The lowest BCUT2D eigenvalue weighted by Crippen LogP contribution is -2.26. The standard InChI is InChI=1S/C14H16N4O3/c1-10-3-5-11(6-4-10)7-17(2)14(21)12-8-18(16-15-12)9-13(19)20/h3-6,8H,7,9H2,1-2H3,(H,19,20). The van der Waals surface area contributed by atoms with E-state index >= 15 is 0 Å². The molecular formula is C14H16N4O3. The number of hydrogen-bond donors (Lipinski definition) is 1. The molecule has 7 nitrogen and oxygen atoms in total. The summed E-state index contributed by atoms with van der Waals surface area (Å²) in [5, 5.41) is 16.0. The molecule has 0 saturated heterocycles. The van der Waals surface area contributed by atoms with Crippen LogP contribution in [0.3, 0.4) is 0 Å². The Morgan fingerprint density at radius 3 is 2.57 bits per heavy atom. The van der Waals surface area contributed by atoms with Crippen LogP contribution in [0.2, 0.25) is 0 Å². The molecule has 0 aliphatic carbocycles. The number of carbonyl (C=O) groups is 2. The predicted molar refractivity (Wildman–Crippen MR) is 74.6 cm³/mol. The molecule has 0 radical (unpaired) electrons. The highest BCUT2D eigenvalue weighted by Gasteiger charge is 2.16. The molecule has 0 aliphatic rings. The minimum Gasteiger partial charge on any atom is -0.480 e. The summed E-state index contributed by atoms with van der Waals surface area (Å²) in [4.78, 5) is 24.3. The first kappa shape index (κ1) is 14.7. The van der Waals surface area contributed by atoms with Gasteiger partial charge in [-0.15, -0.1) is 5.10 Å². The molecule has 110 valence electrons. The van der Waals surface area contributed by atoms with Gasteiger partial charge in [0, 0.05) is 13.6 Å². The molecule has 0 aliphatic heterocycles. The molecule has 1 amide bonds. The van der Waals surface area contributed by atoms with E-state index in [2.05, 4.69) is 10.3 Å². The number of carboxylic acid groups (broad SMARTS) is 1. The largest absolute Gasteiger partial charge is 0.480 e. The number of aryl methyl sites for hydroxylation is 1. The summed E-state index contributed by atoms with van der Waals surface area (Å²) < 4.78 is 1.12. The molecule has 1 aromatic heterocycles. The second-order valence-electron chi connectivity index (χ2n) is 4.84. The van der Waals surface area contributed by atoms with E-state index in [1.807, 2.05) is 31.2 Å². The van der Waals surface area contributed by atoms with E-state index in [-0.39, 0.29) is 18.1 Å². The Labute approximate surface area is 121 Å². The number of carbonyl (C=O) groups excluding carboxylic acids is 1. The summed E-state index contributed by atoms with van der Waals surface area (Å²) in [5.41, 5.74) is 2.30. The SMILES string of the molecule is Cc1ccc(CN(C)C(=O)c2cn(CC(=O)O)nn2)cc1. The van der Waals surface area contributed by atoms with E-state index in [0.29, 0.717) is 6.54 Å². The first-order valence-electron chi connectivity index (χ1n) is 6.38. The fourth-order valence-corrected chi connectivity index (χ4v) is 1.85. The number of amides is 1. The van der Waals surface area contributed by atoms with Crippen LogP contribution in [-0.2, 0) is 17.9 Å². The van der Waals surface area contributed by atoms with E-state index in [4.69, 9.17) is 5.11 Å². The normalized spacial score (nSPS) is 10.4. The molecule has 7 heteroatoms. The zero-order valence-electron chi connectivity index (χ0n) is 11.9. The average molecular weight is 288 g/mol. The first-order chi connectivity index (χ1) is 9.95. The number of rotatable bonds is 5. The maximum Gasteiger partial charge on any atom is 0.325 e. The van der Waals surface area contributed by atoms with Crippen LogP contribution in [0.1, 0.15) is 21.6 Å². The quantitative estimate of drug-likeness (QED) is 0.884. The van der Waals surface area contributed by atoms with Crippen molar-refractivity contribution in [1.29, 1.82) is 0 Å². The molecule has 2 rings (SSSR count). The van der Waals surface area contributed by atoms with Gasteiger partial charge in [-0.2, -0.15) is 0 Å². The van der Waals surface area contributed by atoms with Crippen molar-refractivity contribution < 1.29 is 14.7 Å². The average Bonchev–Trinajstić information content (AvgIpc) is 2.88. The summed E-state index contributed by atoms with van der Waals surface area (Å²) in [5.74, 6) is -1.33. The first-order valence-corrected chi connectivity index (χ1v) is 6.38. The smallest absolute Gasteiger partial charge is 0.325 e. The van der Waals surface area contributed by atoms with Gasteiger partial charge in [0.2, 0.25) is 0 Å². The third-order valence-electron chi connectivity index (χ3n) is 2.94. The van der Waals surface area contributed by atoms with E-state index in [0.717, 1.165) is 15.8 Å². The molecule has 1 heterocycles. The molecule has 21 heavy (non-hydrogen) atoms. The third-order valence-corrected chi connectivity index (χ3v) is 2.94. The van der Waals surface area contributed by atoms with Gasteiger partial charge < -0.3 is 10.0 Å². The Kier molecular flexibility index (Phi) is 4.32. The third kappa shape index (κ3) is 3.88. The Hall–Kier alpha value is -2.70. The minimum atomic E-state index is -1.04. The van der Waals surface area contributed by atoms with Crippen LogP contribution in [0.25, 0.3) is 0 Å². The number of aliphatic carboxylic acids is 1. The number of nitrogens with zero attached hydrogens (tertiary/aromatic N) is 4. The monoisotopic (exact) mass is 288 g/mol. The fraction of sp³-hybridized carbons (Fsp3) is 0.286. The zero-order chi connectivity index (χ0) is 15.4. The van der Waals surface area contributed by atoms with E-state index in [1.54, 1.807) is 7.05 Å². The molecule has 1 aromatic carbocycles. The highest BCUT2D eigenvalue weighted by Crippen LogP contribution is 2.08. The molecule has 2 aromatic rings. The van der Waals surface area contributed by atoms with Gasteiger partial charge in [-0.1, -0.05) is 35.0 Å². The molecular weight excluding hydrogens is 272 g/mol. The van der Waals surface area contributed by atoms with Gasteiger partial charge >= 0.3 is 5.97 Å². The van der Waals surface area contributed by atoms with Crippen molar-refractivity contribution in [3.63, 3.8) is 0 Å². The lowest BCUT2D eigenvalue weighted by atomic mass is 10.1. The molecule has 0 unspecified atom stereocenters. The number of aromatic nitrogens is 3. The summed E-state index contributed by atoms with van der Waals surface area (Å²) in [6.07, 6.45) is 1.34. The van der Waals surface area contributed by atoms with Crippen LogP contribution < -0.4 is 0 Å². The van der Waals surface area contributed by atoms with Crippen molar-refractivity contribution in [2.45, 2.75) is 20.0 Å². The number of hydrogen-bond acceptors (Lipinski definition) is 4. The van der Waals surface area contributed by atoms with Crippen molar-refractivity contribution >= 4 is 11.9 Å². The Bertz CT molecular complexity index is 648. The highest BCUT2D eigenvalue weighted by molar-refractivity contribution is 5.91. The van der Waals surface area contributed by atoms with Crippen LogP contribution in [0.5, 0.6) is 0 Å². The fourth-order valence-electron chi connectivity index (χ4n) is 1.85. The van der Waals surface area contributed by atoms with E-state index in [9.17, 15) is 9.59 Å². The van der Waals surface area contributed by atoms with Crippen LogP contribution in [0, 0.1) is 6.92 Å². The topological polar surface area (TPSA) is 88.3 Å². The molecule has 0 atom stereocenters. The minimum absolute atomic E-state index is 0.130. The maximum atomic E-state index is 12.2. The van der Waals surface area contributed by atoms with E-state index < -0.39 is 5.97 Å². The molecule has 0 spiro atoms. The van der Waals surface area contributed by atoms with Gasteiger partial charge in [0.15, 0.2) is 5.69 Å². The number of carboxylic acids is 1. The number of benzene rings is 1. The van der Waals surface area contributed by atoms with Crippen molar-refractivity contribution in [1.82, 2.24) is 19.9 Å². The van der Waals surface area contributed by atoms with Crippen molar-refractivity contribution in [3.05, 3.63) is 47.3 Å². The second-order valence-corrected chi connectivity index (χ2v) is 4.84. The predicted octanol–water partition coefficient (Wildman–Crippen LogP) is 0.943. The van der Waals surface area contributed by atoms with Gasteiger partial charge in [0.05, 0.1) is 6.20 Å². The van der Waals surface area contributed by atoms with Crippen LogP contribution in [0.15, 0.2) is 30.5 Å². The van der Waals surface area contributed by atoms with Gasteiger partial charge in [-0.25, -0.2) is 4.68 Å². The Balaban J connectivity index is 2.03. The van der Waals surface area contributed by atoms with Crippen molar-refractivity contribution in [2.24, 2.45) is 0 Å². The van der Waals surface area contributed by atoms with Gasteiger partial charge in [0.1, 0.15) is 6.54 Å². The lowest BCUT2D eigenvalue weighted by Gasteiger charge is -2.15. The molecule has 0 fully saturated rings. The summed E-state index contributed by atoms with van der Waals surface area (Å²) in [7, 11) is 1.67. The highest BCUT2D eigenvalue weighted by atomic mass is 16.4. The molecule has 0 saturated carbocycles. The van der Waals surface area contributed by atoms with Crippen molar-refractivity contribution in [3.8, 4) is 0 Å². The molecule has 0 bridgehead atoms. The lowest BCUT2D eigenvalue weighted by molar-refractivity contribution is -0.137.